The van der Waals surface area contributed by atoms with Gasteiger partial charge in [-0.2, -0.15) is 13.2 Å². The minimum atomic E-state index is -4.37. The van der Waals surface area contributed by atoms with Crippen molar-refractivity contribution in [1.82, 2.24) is 9.97 Å². The molecule has 0 aliphatic carbocycles. The molecular formula is C10H11F3N2O2. The lowest BCUT2D eigenvalue weighted by molar-refractivity contribution is -0.136. The molecule has 7 heteroatoms. The molecule has 0 saturated heterocycles. The van der Waals surface area contributed by atoms with Crippen molar-refractivity contribution in [3.05, 3.63) is 22.8 Å². The van der Waals surface area contributed by atoms with Crippen LogP contribution in [-0.2, 0) is 17.6 Å². The standard InChI is InChI=1S/C10H11F3N2O2/c1-5-7(3-9(16)17)6(2)15-8(14-5)4-10(11,12)13/h3-4H2,1-2H3,(H,16,17). The summed E-state index contributed by atoms with van der Waals surface area (Å²) in [5.74, 6) is -1.40. The first-order valence-electron chi connectivity index (χ1n) is 4.80. The van der Waals surface area contributed by atoms with Crippen molar-refractivity contribution in [3.8, 4) is 0 Å². The summed E-state index contributed by atoms with van der Waals surface area (Å²) in [6, 6.07) is 0. The van der Waals surface area contributed by atoms with E-state index in [1.807, 2.05) is 0 Å². The third-order valence-corrected chi connectivity index (χ3v) is 2.15. The summed E-state index contributed by atoms with van der Waals surface area (Å²) in [5.41, 5.74) is 0.918. The Labute approximate surface area is 95.5 Å². The molecule has 0 aliphatic heterocycles. The van der Waals surface area contributed by atoms with Crippen molar-refractivity contribution in [1.29, 1.82) is 0 Å². The summed E-state index contributed by atoms with van der Waals surface area (Å²) in [5, 5.41) is 8.64. The molecule has 1 aromatic rings. The molecule has 0 radical (unpaired) electrons. The molecule has 1 aromatic heterocycles. The van der Waals surface area contributed by atoms with E-state index in [0.717, 1.165) is 0 Å². The average molecular weight is 248 g/mol. The van der Waals surface area contributed by atoms with Gasteiger partial charge in [-0.1, -0.05) is 0 Å². The molecule has 0 saturated carbocycles. The lowest BCUT2D eigenvalue weighted by atomic mass is 10.1. The number of halogens is 3. The van der Waals surface area contributed by atoms with Gasteiger partial charge in [-0.05, 0) is 13.8 Å². The van der Waals surface area contributed by atoms with E-state index < -0.39 is 18.6 Å². The van der Waals surface area contributed by atoms with Crippen LogP contribution >= 0.6 is 0 Å². The Kier molecular flexibility index (Phi) is 3.69. The van der Waals surface area contributed by atoms with Crippen molar-refractivity contribution >= 4 is 5.97 Å². The molecular weight excluding hydrogens is 237 g/mol. The predicted octanol–water partition coefficient (Wildman–Crippen LogP) is 1.83. The average Bonchev–Trinajstić information content (AvgIpc) is 2.08. The Morgan fingerprint density at radius 2 is 1.71 bits per heavy atom. The van der Waals surface area contributed by atoms with Gasteiger partial charge in [0.2, 0.25) is 0 Å². The van der Waals surface area contributed by atoms with Gasteiger partial charge in [0.25, 0.3) is 0 Å². The van der Waals surface area contributed by atoms with E-state index in [0.29, 0.717) is 5.56 Å². The third kappa shape index (κ3) is 4.01. The van der Waals surface area contributed by atoms with Crippen LogP contribution in [0.2, 0.25) is 0 Å². The molecule has 1 rings (SSSR count). The molecule has 0 aromatic carbocycles. The van der Waals surface area contributed by atoms with Gasteiger partial charge in [-0.25, -0.2) is 9.97 Å². The molecule has 0 spiro atoms. The zero-order valence-corrected chi connectivity index (χ0v) is 9.30. The van der Waals surface area contributed by atoms with Gasteiger partial charge >= 0.3 is 12.1 Å². The fraction of sp³-hybridized carbons (Fsp3) is 0.500. The molecule has 1 N–H and O–H groups in total. The van der Waals surface area contributed by atoms with Crippen molar-refractivity contribution in [2.45, 2.75) is 32.9 Å². The van der Waals surface area contributed by atoms with Crippen LogP contribution in [0.25, 0.3) is 0 Å². The number of hydrogen-bond donors (Lipinski definition) is 1. The SMILES string of the molecule is Cc1nc(CC(F)(F)F)nc(C)c1CC(=O)O. The van der Waals surface area contributed by atoms with Gasteiger partial charge in [0.05, 0.1) is 6.42 Å². The summed E-state index contributed by atoms with van der Waals surface area (Å²) in [6.07, 6.45) is -5.86. The van der Waals surface area contributed by atoms with Crippen molar-refractivity contribution < 1.29 is 23.1 Å². The summed E-state index contributed by atoms with van der Waals surface area (Å²) in [7, 11) is 0. The Balaban J connectivity index is 3.05. The molecule has 94 valence electrons. The van der Waals surface area contributed by atoms with Crippen LogP contribution in [0.1, 0.15) is 22.8 Å². The Morgan fingerprint density at radius 3 is 2.06 bits per heavy atom. The number of aromatic nitrogens is 2. The molecule has 0 bridgehead atoms. The zero-order chi connectivity index (χ0) is 13.2. The first kappa shape index (κ1) is 13.4. The lowest BCUT2D eigenvalue weighted by Gasteiger charge is -2.10. The molecule has 0 fully saturated rings. The van der Waals surface area contributed by atoms with E-state index in [1.165, 1.54) is 13.8 Å². The van der Waals surface area contributed by atoms with Crippen LogP contribution < -0.4 is 0 Å². The van der Waals surface area contributed by atoms with E-state index in [2.05, 4.69) is 9.97 Å². The molecule has 0 unspecified atom stereocenters. The molecule has 4 nitrogen and oxygen atoms in total. The fourth-order valence-electron chi connectivity index (χ4n) is 1.47. The summed E-state index contributed by atoms with van der Waals surface area (Å²) >= 11 is 0. The quantitative estimate of drug-likeness (QED) is 0.886. The summed E-state index contributed by atoms with van der Waals surface area (Å²) in [4.78, 5) is 17.9. The van der Waals surface area contributed by atoms with E-state index in [-0.39, 0.29) is 23.6 Å². The maximum atomic E-state index is 12.1. The van der Waals surface area contributed by atoms with Crippen LogP contribution in [0.15, 0.2) is 0 Å². The van der Waals surface area contributed by atoms with Crippen molar-refractivity contribution in [2.75, 3.05) is 0 Å². The van der Waals surface area contributed by atoms with Crippen molar-refractivity contribution in [2.24, 2.45) is 0 Å². The number of alkyl halides is 3. The number of carboxylic acids is 1. The highest BCUT2D eigenvalue weighted by Crippen LogP contribution is 2.20. The smallest absolute Gasteiger partial charge is 0.396 e. The second-order valence-corrected chi connectivity index (χ2v) is 3.65. The molecule has 17 heavy (non-hydrogen) atoms. The summed E-state index contributed by atoms with van der Waals surface area (Å²) < 4.78 is 36.4. The molecule has 0 amide bonds. The first-order chi connectivity index (χ1) is 7.69. The maximum absolute atomic E-state index is 12.1. The highest BCUT2D eigenvalue weighted by Gasteiger charge is 2.29. The number of carboxylic acid groups (broad SMARTS) is 1. The second kappa shape index (κ2) is 4.68. The number of rotatable bonds is 3. The van der Waals surface area contributed by atoms with E-state index in [9.17, 15) is 18.0 Å². The highest BCUT2D eigenvalue weighted by molar-refractivity contribution is 5.70. The second-order valence-electron chi connectivity index (χ2n) is 3.65. The van der Waals surface area contributed by atoms with E-state index in [1.54, 1.807) is 0 Å². The lowest BCUT2D eigenvalue weighted by Crippen LogP contribution is -2.17. The van der Waals surface area contributed by atoms with E-state index in [4.69, 9.17) is 5.11 Å². The third-order valence-electron chi connectivity index (χ3n) is 2.15. The molecule has 0 atom stereocenters. The van der Waals surface area contributed by atoms with E-state index >= 15 is 0 Å². The number of hydrogen-bond acceptors (Lipinski definition) is 3. The summed E-state index contributed by atoms with van der Waals surface area (Å²) in [6.45, 7) is 2.96. The Hall–Kier alpha value is -1.66. The van der Waals surface area contributed by atoms with Gasteiger partial charge in [-0.3, -0.25) is 4.79 Å². The number of nitrogens with zero attached hydrogens (tertiary/aromatic N) is 2. The van der Waals surface area contributed by atoms with Gasteiger partial charge in [0.15, 0.2) is 0 Å². The van der Waals surface area contributed by atoms with Gasteiger partial charge < -0.3 is 5.11 Å². The zero-order valence-electron chi connectivity index (χ0n) is 9.30. The van der Waals surface area contributed by atoms with Gasteiger partial charge in [0, 0.05) is 17.0 Å². The number of aliphatic carboxylic acids is 1. The largest absolute Gasteiger partial charge is 0.481 e. The predicted molar refractivity (Wildman–Crippen MR) is 52.6 cm³/mol. The monoisotopic (exact) mass is 248 g/mol. The van der Waals surface area contributed by atoms with Gasteiger partial charge in [-0.15, -0.1) is 0 Å². The van der Waals surface area contributed by atoms with Crippen LogP contribution in [0, 0.1) is 13.8 Å². The van der Waals surface area contributed by atoms with Crippen LogP contribution in [0.5, 0.6) is 0 Å². The normalized spacial score (nSPS) is 11.6. The number of carbonyl (C=O) groups is 1. The molecule has 1 heterocycles. The maximum Gasteiger partial charge on any atom is 0.396 e. The minimum Gasteiger partial charge on any atom is -0.481 e. The first-order valence-corrected chi connectivity index (χ1v) is 4.80. The minimum absolute atomic E-state index is 0.277. The highest BCUT2D eigenvalue weighted by atomic mass is 19.4. The topological polar surface area (TPSA) is 63.1 Å². The van der Waals surface area contributed by atoms with Crippen molar-refractivity contribution in [3.63, 3.8) is 0 Å². The van der Waals surface area contributed by atoms with Crippen LogP contribution in [0.3, 0.4) is 0 Å². The fourth-order valence-corrected chi connectivity index (χ4v) is 1.47. The Morgan fingerprint density at radius 1 is 1.24 bits per heavy atom. The number of aryl methyl sites for hydroxylation is 2. The van der Waals surface area contributed by atoms with Gasteiger partial charge in [0.1, 0.15) is 12.2 Å². The van der Waals surface area contributed by atoms with Crippen LogP contribution in [-0.4, -0.2) is 27.2 Å². The Bertz CT molecular complexity index is 421. The van der Waals surface area contributed by atoms with Crippen LogP contribution in [0.4, 0.5) is 13.2 Å². The molecule has 0 aliphatic rings.